The molecule has 0 aliphatic heterocycles. The molecule has 0 heterocycles. The molecule has 0 fully saturated rings. The molecule has 0 aromatic rings. The molecule has 0 saturated carbocycles. The van der Waals surface area contributed by atoms with Crippen LogP contribution in [-0.2, 0) is 18.9 Å². The molecule has 0 radical (unpaired) electrons. The smallest absolute Gasteiger partial charge is 0.101 e. The quantitative estimate of drug-likeness (QED) is 0.0982. The van der Waals surface area contributed by atoms with Crippen LogP contribution in [0.2, 0.25) is 0 Å². The van der Waals surface area contributed by atoms with Gasteiger partial charge in [-0.1, -0.05) is 0 Å². The van der Waals surface area contributed by atoms with Crippen molar-refractivity contribution in [1.29, 1.82) is 0 Å². The summed E-state index contributed by atoms with van der Waals surface area (Å²) >= 11 is 7.13. The molecule has 0 spiro atoms. The van der Waals surface area contributed by atoms with Crippen molar-refractivity contribution in [3.8, 4) is 0 Å². The molecule has 0 rings (SSSR count). The van der Waals surface area contributed by atoms with Crippen LogP contribution in [0.5, 0.6) is 0 Å². The highest BCUT2D eigenvalue weighted by Crippen LogP contribution is 2.07. The van der Waals surface area contributed by atoms with Gasteiger partial charge in [-0.05, 0) is 12.8 Å². The van der Waals surface area contributed by atoms with Gasteiger partial charge in [-0.25, -0.2) is 0 Å². The maximum absolute atomic E-state index is 9.85. The molecular formula is C22H46O8S4. The van der Waals surface area contributed by atoms with Gasteiger partial charge in [0.25, 0.3) is 0 Å². The van der Waals surface area contributed by atoms with Crippen LogP contribution in [0.15, 0.2) is 0 Å². The highest BCUT2D eigenvalue weighted by Gasteiger charge is 2.06. The predicted octanol–water partition coefficient (Wildman–Crippen LogP) is 1.47. The standard InChI is InChI=1S/C22H46O8S4/c23-3-9-31-13-15-33-11-7-29-19-21(25)17-27-5-1-2-6-28-18-22(26)20-30-8-12-34-16-14-32-10-4-24/h21-26H,1-20H2. The normalized spacial score (nSPS) is 13.4. The molecule has 0 aliphatic carbocycles. The van der Waals surface area contributed by atoms with Crippen molar-refractivity contribution in [1.82, 2.24) is 0 Å². The number of aliphatic hydroxyl groups is 4. The fourth-order valence-corrected chi connectivity index (χ4v) is 5.82. The van der Waals surface area contributed by atoms with E-state index < -0.39 is 12.2 Å². The van der Waals surface area contributed by atoms with E-state index >= 15 is 0 Å². The van der Waals surface area contributed by atoms with Crippen LogP contribution in [0.25, 0.3) is 0 Å². The minimum absolute atomic E-state index is 0.237. The summed E-state index contributed by atoms with van der Waals surface area (Å²) in [4.78, 5) is 0. The third kappa shape index (κ3) is 29.3. The Morgan fingerprint density at radius 2 is 0.765 bits per heavy atom. The Labute approximate surface area is 223 Å². The van der Waals surface area contributed by atoms with E-state index in [4.69, 9.17) is 29.2 Å². The van der Waals surface area contributed by atoms with Gasteiger partial charge >= 0.3 is 0 Å². The van der Waals surface area contributed by atoms with E-state index in [2.05, 4.69) is 0 Å². The lowest BCUT2D eigenvalue weighted by Gasteiger charge is -2.13. The molecule has 2 unspecified atom stereocenters. The third-order valence-electron chi connectivity index (χ3n) is 4.03. The lowest BCUT2D eigenvalue weighted by Crippen LogP contribution is -2.23. The first-order chi connectivity index (χ1) is 16.7. The average molecular weight is 567 g/mol. The SMILES string of the molecule is OCCSCCSCCOCC(O)COCCCCOCC(O)COCCSCCSCCO. The van der Waals surface area contributed by atoms with Crippen LogP contribution < -0.4 is 0 Å². The first kappa shape index (κ1) is 35.1. The molecule has 0 aromatic heterocycles. The zero-order valence-corrected chi connectivity index (χ0v) is 23.6. The largest absolute Gasteiger partial charge is 0.396 e. The second kappa shape index (κ2) is 30.3. The summed E-state index contributed by atoms with van der Waals surface area (Å²) in [6.45, 7) is 3.92. The second-order valence-corrected chi connectivity index (χ2v) is 12.1. The summed E-state index contributed by atoms with van der Waals surface area (Å²) in [6, 6.07) is 0. The summed E-state index contributed by atoms with van der Waals surface area (Å²) in [5.41, 5.74) is 0. The molecule has 206 valence electrons. The maximum atomic E-state index is 9.85. The van der Waals surface area contributed by atoms with Crippen molar-refractivity contribution >= 4 is 47.0 Å². The zero-order chi connectivity index (χ0) is 25.0. The molecule has 8 nitrogen and oxygen atoms in total. The van der Waals surface area contributed by atoms with Crippen molar-refractivity contribution in [2.24, 2.45) is 0 Å². The Morgan fingerprint density at radius 3 is 1.12 bits per heavy atom. The highest BCUT2D eigenvalue weighted by molar-refractivity contribution is 8.03. The van der Waals surface area contributed by atoms with Gasteiger partial charge in [-0.15, -0.1) is 0 Å². The number of hydrogen-bond acceptors (Lipinski definition) is 12. The van der Waals surface area contributed by atoms with E-state index in [-0.39, 0.29) is 39.6 Å². The third-order valence-corrected chi connectivity index (χ3v) is 8.37. The van der Waals surface area contributed by atoms with Crippen LogP contribution in [0, 0.1) is 0 Å². The van der Waals surface area contributed by atoms with Gasteiger partial charge in [0.2, 0.25) is 0 Å². The van der Waals surface area contributed by atoms with Gasteiger partial charge in [0, 0.05) is 59.2 Å². The Bertz CT molecular complexity index is 355. The Hall–Kier alpha value is 1.08. The zero-order valence-electron chi connectivity index (χ0n) is 20.4. The van der Waals surface area contributed by atoms with Gasteiger partial charge in [-0.2, -0.15) is 47.0 Å². The van der Waals surface area contributed by atoms with Crippen molar-refractivity contribution < 1.29 is 39.4 Å². The molecule has 0 amide bonds. The molecule has 0 aliphatic rings. The van der Waals surface area contributed by atoms with Gasteiger partial charge in [0.1, 0.15) is 12.2 Å². The Morgan fingerprint density at radius 1 is 0.441 bits per heavy atom. The van der Waals surface area contributed by atoms with Crippen LogP contribution in [-0.4, -0.2) is 145 Å². The first-order valence-electron chi connectivity index (χ1n) is 11.9. The summed E-state index contributed by atoms with van der Waals surface area (Å²) in [5, 5.41) is 37.1. The monoisotopic (exact) mass is 566 g/mol. The Kier molecular flexibility index (Phi) is 31.3. The molecule has 12 heteroatoms. The van der Waals surface area contributed by atoms with E-state index in [1.807, 2.05) is 23.5 Å². The predicted molar refractivity (Wildman–Crippen MR) is 148 cm³/mol. The van der Waals surface area contributed by atoms with E-state index in [1.54, 1.807) is 23.5 Å². The summed E-state index contributed by atoms with van der Waals surface area (Å²) in [7, 11) is 0. The van der Waals surface area contributed by atoms with Crippen LogP contribution >= 0.6 is 47.0 Å². The van der Waals surface area contributed by atoms with Crippen molar-refractivity contribution in [3.63, 3.8) is 0 Å². The molecule has 0 aromatic carbocycles. The average Bonchev–Trinajstić information content (AvgIpc) is 2.83. The molecule has 2 atom stereocenters. The molecule has 0 bridgehead atoms. The van der Waals surface area contributed by atoms with E-state index in [0.717, 1.165) is 58.9 Å². The van der Waals surface area contributed by atoms with Crippen LogP contribution in [0.3, 0.4) is 0 Å². The van der Waals surface area contributed by atoms with Gasteiger partial charge in [0.15, 0.2) is 0 Å². The van der Waals surface area contributed by atoms with E-state index in [0.29, 0.717) is 26.4 Å². The van der Waals surface area contributed by atoms with E-state index in [9.17, 15) is 10.2 Å². The number of thioether (sulfide) groups is 4. The summed E-state index contributed by atoms with van der Waals surface area (Å²) in [6.07, 6.45) is 0.442. The first-order valence-corrected chi connectivity index (χ1v) is 16.5. The van der Waals surface area contributed by atoms with Crippen molar-refractivity contribution in [2.75, 3.05) is 112 Å². The lowest BCUT2D eigenvalue weighted by atomic mass is 10.3. The van der Waals surface area contributed by atoms with Crippen LogP contribution in [0.4, 0.5) is 0 Å². The second-order valence-electron chi connectivity index (χ2n) is 7.21. The minimum Gasteiger partial charge on any atom is -0.396 e. The number of rotatable bonds is 29. The molecule has 0 saturated heterocycles. The topological polar surface area (TPSA) is 118 Å². The van der Waals surface area contributed by atoms with Gasteiger partial charge in [-0.3, -0.25) is 0 Å². The van der Waals surface area contributed by atoms with Crippen molar-refractivity contribution in [3.05, 3.63) is 0 Å². The molecule has 4 N–H and O–H groups in total. The van der Waals surface area contributed by atoms with E-state index in [1.165, 1.54) is 0 Å². The lowest BCUT2D eigenvalue weighted by molar-refractivity contribution is -0.0236. The molecular weight excluding hydrogens is 521 g/mol. The number of ether oxygens (including phenoxy) is 4. The summed E-state index contributed by atoms with van der Waals surface area (Å²) in [5.74, 6) is 7.55. The van der Waals surface area contributed by atoms with Gasteiger partial charge < -0.3 is 39.4 Å². The number of hydrogen-bond donors (Lipinski definition) is 4. The number of aliphatic hydroxyl groups excluding tert-OH is 4. The fraction of sp³-hybridized carbons (Fsp3) is 1.00. The Balaban J connectivity index is 3.24. The fourth-order valence-electron chi connectivity index (χ4n) is 2.39. The molecule has 34 heavy (non-hydrogen) atoms. The number of unbranched alkanes of at least 4 members (excludes halogenated alkanes) is 1. The summed E-state index contributed by atoms with van der Waals surface area (Å²) < 4.78 is 21.9. The highest BCUT2D eigenvalue weighted by atomic mass is 32.2. The van der Waals surface area contributed by atoms with Gasteiger partial charge in [0.05, 0.1) is 52.9 Å². The minimum atomic E-state index is -0.611. The van der Waals surface area contributed by atoms with Crippen molar-refractivity contribution in [2.45, 2.75) is 25.0 Å². The van der Waals surface area contributed by atoms with Crippen LogP contribution in [0.1, 0.15) is 12.8 Å². The maximum Gasteiger partial charge on any atom is 0.101 e.